The first kappa shape index (κ1) is 12.4. The van der Waals surface area contributed by atoms with Crippen molar-refractivity contribution in [1.82, 2.24) is 30.5 Å². The van der Waals surface area contributed by atoms with Gasteiger partial charge in [0, 0.05) is 19.3 Å². The van der Waals surface area contributed by atoms with Crippen LogP contribution >= 0.6 is 11.6 Å². The molecule has 1 amide bonds. The fourth-order valence-corrected chi connectivity index (χ4v) is 1.42. The van der Waals surface area contributed by atoms with Crippen molar-refractivity contribution in [1.29, 1.82) is 0 Å². The highest BCUT2D eigenvalue weighted by Gasteiger charge is 2.06. The van der Waals surface area contributed by atoms with E-state index in [1.54, 1.807) is 17.1 Å². The maximum atomic E-state index is 11.6. The van der Waals surface area contributed by atoms with Gasteiger partial charge in [0.15, 0.2) is 10.8 Å². The number of rotatable bonds is 5. The molecule has 0 atom stereocenters. The second-order valence-corrected chi connectivity index (χ2v) is 3.90. The molecule has 7 nitrogen and oxygen atoms in total. The topological polar surface area (TPSA) is 85.6 Å². The Morgan fingerprint density at radius 1 is 1.39 bits per heavy atom. The summed E-state index contributed by atoms with van der Waals surface area (Å²) in [7, 11) is 0. The van der Waals surface area contributed by atoms with Crippen LogP contribution in [0.15, 0.2) is 24.5 Å². The second kappa shape index (κ2) is 6.06. The number of carbonyl (C=O) groups is 1. The molecule has 8 heteroatoms. The molecule has 0 fully saturated rings. The Labute approximate surface area is 108 Å². The van der Waals surface area contributed by atoms with Gasteiger partial charge in [0.25, 0.3) is 5.91 Å². The summed E-state index contributed by atoms with van der Waals surface area (Å²) in [5.41, 5.74) is 0.250. The number of aryl methyl sites for hydroxylation is 1. The minimum Gasteiger partial charge on any atom is -0.351 e. The van der Waals surface area contributed by atoms with E-state index < -0.39 is 0 Å². The Morgan fingerprint density at radius 3 is 2.94 bits per heavy atom. The quantitative estimate of drug-likeness (QED) is 0.799. The van der Waals surface area contributed by atoms with E-state index in [1.807, 2.05) is 0 Å². The number of halogens is 1. The van der Waals surface area contributed by atoms with Crippen LogP contribution in [-0.4, -0.2) is 37.6 Å². The van der Waals surface area contributed by atoms with Crippen LogP contribution in [-0.2, 0) is 6.54 Å². The predicted molar refractivity (Wildman–Crippen MR) is 64.0 cm³/mol. The molecule has 18 heavy (non-hydrogen) atoms. The summed E-state index contributed by atoms with van der Waals surface area (Å²) in [6.45, 7) is 1.23. The fourth-order valence-electron chi connectivity index (χ4n) is 1.32. The molecule has 0 bridgehead atoms. The van der Waals surface area contributed by atoms with Crippen molar-refractivity contribution in [2.75, 3.05) is 6.54 Å². The highest BCUT2D eigenvalue weighted by Crippen LogP contribution is 2.01. The zero-order chi connectivity index (χ0) is 12.8. The Hall–Kier alpha value is -2.02. The van der Waals surface area contributed by atoms with E-state index in [0.29, 0.717) is 13.1 Å². The third-order valence-electron chi connectivity index (χ3n) is 2.19. The summed E-state index contributed by atoms with van der Waals surface area (Å²) in [6, 6.07) is 3.06. The number of aromatic nitrogens is 5. The van der Waals surface area contributed by atoms with Gasteiger partial charge in [-0.2, -0.15) is 0 Å². The molecule has 0 unspecified atom stereocenters. The molecule has 2 rings (SSSR count). The van der Waals surface area contributed by atoms with Gasteiger partial charge in [0.1, 0.15) is 0 Å². The van der Waals surface area contributed by atoms with Crippen LogP contribution in [0.4, 0.5) is 0 Å². The van der Waals surface area contributed by atoms with Crippen LogP contribution in [0.3, 0.4) is 0 Å². The molecule has 2 aromatic rings. The normalized spacial score (nSPS) is 10.3. The second-order valence-electron chi connectivity index (χ2n) is 3.52. The van der Waals surface area contributed by atoms with Gasteiger partial charge in [-0.1, -0.05) is 16.8 Å². The van der Waals surface area contributed by atoms with Gasteiger partial charge in [0.2, 0.25) is 0 Å². The number of hydrogen-bond acceptors (Lipinski definition) is 5. The van der Waals surface area contributed by atoms with Crippen molar-refractivity contribution in [2.45, 2.75) is 13.0 Å². The van der Waals surface area contributed by atoms with Crippen LogP contribution in [0.2, 0.25) is 5.15 Å². The molecule has 1 N–H and O–H groups in total. The molecule has 94 valence electrons. The van der Waals surface area contributed by atoms with E-state index in [9.17, 15) is 4.79 Å². The van der Waals surface area contributed by atoms with Gasteiger partial charge < -0.3 is 5.32 Å². The van der Waals surface area contributed by atoms with Crippen molar-refractivity contribution in [3.05, 3.63) is 35.4 Å². The molecule has 0 aliphatic rings. The molecule has 2 heterocycles. The first-order chi connectivity index (χ1) is 8.75. The number of nitrogens with one attached hydrogen (secondary N) is 1. The number of carbonyl (C=O) groups excluding carboxylic acids is 1. The molecule has 0 radical (unpaired) electrons. The average Bonchev–Trinajstić information content (AvgIpc) is 2.88. The standard InChI is InChI=1S/C10H11ClN6O/c11-9-3-2-8(14-15-9)10(18)12-4-1-6-17-7-5-13-16-17/h2-3,5,7H,1,4,6H2,(H,12,18). The van der Waals surface area contributed by atoms with E-state index in [-0.39, 0.29) is 16.8 Å². The monoisotopic (exact) mass is 266 g/mol. The first-order valence-corrected chi connectivity index (χ1v) is 5.75. The van der Waals surface area contributed by atoms with Crippen molar-refractivity contribution in [2.24, 2.45) is 0 Å². The number of amides is 1. The van der Waals surface area contributed by atoms with E-state index in [1.165, 1.54) is 12.1 Å². The Bertz CT molecular complexity index is 498. The maximum absolute atomic E-state index is 11.6. The largest absolute Gasteiger partial charge is 0.351 e. The van der Waals surface area contributed by atoms with Crippen molar-refractivity contribution < 1.29 is 4.79 Å². The van der Waals surface area contributed by atoms with Gasteiger partial charge in [-0.25, -0.2) is 0 Å². The lowest BCUT2D eigenvalue weighted by molar-refractivity contribution is 0.0946. The SMILES string of the molecule is O=C(NCCCn1ccnn1)c1ccc(Cl)nn1. The van der Waals surface area contributed by atoms with E-state index in [2.05, 4.69) is 25.8 Å². The van der Waals surface area contributed by atoms with Gasteiger partial charge in [-0.3, -0.25) is 9.48 Å². The van der Waals surface area contributed by atoms with E-state index in [4.69, 9.17) is 11.6 Å². The minimum absolute atomic E-state index is 0.250. The first-order valence-electron chi connectivity index (χ1n) is 5.37. The van der Waals surface area contributed by atoms with Gasteiger partial charge in [0.05, 0.1) is 6.20 Å². The van der Waals surface area contributed by atoms with E-state index in [0.717, 1.165) is 6.42 Å². The summed E-state index contributed by atoms with van der Waals surface area (Å²) in [4.78, 5) is 11.6. The Kier molecular flexibility index (Phi) is 4.19. The fraction of sp³-hybridized carbons (Fsp3) is 0.300. The number of nitrogens with zero attached hydrogens (tertiary/aromatic N) is 5. The van der Waals surface area contributed by atoms with Gasteiger partial charge in [-0.05, 0) is 18.6 Å². The van der Waals surface area contributed by atoms with Crippen LogP contribution in [0.25, 0.3) is 0 Å². The van der Waals surface area contributed by atoms with Crippen LogP contribution in [0.1, 0.15) is 16.9 Å². The lowest BCUT2D eigenvalue weighted by atomic mass is 10.3. The Balaban J connectivity index is 1.73. The Morgan fingerprint density at radius 2 is 2.28 bits per heavy atom. The summed E-state index contributed by atoms with van der Waals surface area (Å²) in [6.07, 6.45) is 4.14. The molecule has 2 aromatic heterocycles. The number of hydrogen-bond donors (Lipinski definition) is 1. The summed E-state index contributed by atoms with van der Waals surface area (Å²) in [5, 5.41) is 17.8. The summed E-state index contributed by atoms with van der Waals surface area (Å²) < 4.78 is 1.70. The zero-order valence-corrected chi connectivity index (χ0v) is 10.2. The summed E-state index contributed by atoms with van der Waals surface area (Å²) >= 11 is 5.58. The van der Waals surface area contributed by atoms with Crippen LogP contribution in [0, 0.1) is 0 Å². The molecule has 0 spiro atoms. The third-order valence-corrected chi connectivity index (χ3v) is 2.39. The molecule has 0 aromatic carbocycles. The third kappa shape index (κ3) is 3.49. The molecular weight excluding hydrogens is 256 g/mol. The molecule has 0 saturated heterocycles. The highest BCUT2D eigenvalue weighted by molar-refractivity contribution is 6.29. The van der Waals surface area contributed by atoms with Crippen molar-refractivity contribution in [3.63, 3.8) is 0 Å². The van der Waals surface area contributed by atoms with Crippen LogP contribution < -0.4 is 5.32 Å². The molecule has 0 aliphatic carbocycles. The lowest BCUT2D eigenvalue weighted by Gasteiger charge is -2.04. The average molecular weight is 267 g/mol. The maximum Gasteiger partial charge on any atom is 0.271 e. The van der Waals surface area contributed by atoms with E-state index >= 15 is 0 Å². The minimum atomic E-state index is -0.266. The lowest BCUT2D eigenvalue weighted by Crippen LogP contribution is -2.26. The molecule has 0 saturated carbocycles. The zero-order valence-electron chi connectivity index (χ0n) is 9.45. The molecule has 0 aliphatic heterocycles. The van der Waals surface area contributed by atoms with Crippen molar-refractivity contribution >= 4 is 17.5 Å². The van der Waals surface area contributed by atoms with Gasteiger partial charge in [-0.15, -0.1) is 15.3 Å². The summed E-state index contributed by atoms with van der Waals surface area (Å²) in [5.74, 6) is -0.266. The van der Waals surface area contributed by atoms with Crippen LogP contribution in [0.5, 0.6) is 0 Å². The van der Waals surface area contributed by atoms with Gasteiger partial charge >= 0.3 is 0 Å². The highest BCUT2D eigenvalue weighted by atomic mass is 35.5. The van der Waals surface area contributed by atoms with Crippen molar-refractivity contribution in [3.8, 4) is 0 Å². The smallest absolute Gasteiger partial charge is 0.271 e. The predicted octanol–water partition coefficient (Wildman–Crippen LogP) is 0.542. The molecular formula is C10H11ClN6O.